The minimum absolute atomic E-state index is 0.0305. The highest BCUT2D eigenvalue weighted by molar-refractivity contribution is 5.97. The quantitative estimate of drug-likeness (QED) is 0.878. The molecule has 19 heavy (non-hydrogen) atoms. The monoisotopic (exact) mass is 261 g/mol. The third-order valence-corrected chi connectivity index (χ3v) is 4.15. The van der Waals surface area contributed by atoms with Gasteiger partial charge in [-0.05, 0) is 44.7 Å². The Morgan fingerprint density at radius 2 is 1.74 bits per heavy atom. The molecule has 0 radical (unpaired) electrons. The number of nitrogens with one attached hydrogen (secondary N) is 1. The SMILES string of the molecule is Cc1cc(C)c(C(=O)NC2(CO)CCCC2)c(C)c1. The molecule has 104 valence electrons. The molecule has 1 fully saturated rings. The molecule has 3 heteroatoms. The number of aliphatic hydroxyl groups excluding tert-OH is 1. The lowest BCUT2D eigenvalue weighted by molar-refractivity contribution is 0.0837. The molecule has 0 heterocycles. The summed E-state index contributed by atoms with van der Waals surface area (Å²) in [6, 6.07) is 4.06. The molecule has 3 nitrogen and oxygen atoms in total. The lowest BCUT2D eigenvalue weighted by Crippen LogP contribution is -2.49. The zero-order valence-corrected chi connectivity index (χ0v) is 12.0. The van der Waals surface area contributed by atoms with Crippen LogP contribution in [0.5, 0.6) is 0 Å². The van der Waals surface area contributed by atoms with Gasteiger partial charge in [0, 0.05) is 5.56 Å². The number of aliphatic hydroxyl groups is 1. The third kappa shape index (κ3) is 2.81. The Hall–Kier alpha value is -1.35. The van der Waals surface area contributed by atoms with Crippen LogP contribution in [0.1, 0.15) is 52.7 Å². The third-order valence-electron chi connectivity index (χ3n) is 4.15. The van der Waals surface area contributed by atoms with Crippen LogP contribution in [0.25, 0.3) is 0 Å². The Labute approximate surface area is 115 Å². The Bertz CT molecular complexity index is 465. The summed E-state index contributed by atoms with van der Waals surface area (Å²) >= 11 is 0. The first-order chi connectivity index (χ1) is 8.97. The Balaban J connectivity index is 2.25. The van der Waals surface area contributed by atoms with Crippen molar-refractivity contribution in [2.75, 3.05) is 6.61 Å². The Morgan fingerprint density at radius 3 is 2.21 bits per heavy atom. The first-order valence-corrected chi connectivity index (χ1v) is 6.99. The van der Waals surface area contributed by atoms with Crippen LogP contribution < -0.4 is 5.32 Å². The number of rotatable bonds is 3. The van der Waals surface area contributed by atoms with Gasteiger partial charge in [0.2, 0.25) is 0 Å². The van der Waals surface area contributed by atoms with Gasteiger partial charge in [-0.2, -0.15) is 0 Å². The normalized spacial score (nSPS) is 17.5. The minimum Gasteiger partial charge on any atom is -0.394 e. The Morgan fingerprint density at radius 1 is 1.21 bits per heavy atom. The molecule has 1 amide bonds. The number of hydrogen-bond donors (Lipinski definition) is 2. The standard InChI is InChI=1S/C16H23NO2/c1-11-8-12(2)14(13(3)9-11)15(19)17-16(10-18)6-4-5-7-16/h8-9,18H,4-7,10H2,1-3H3,(H,17,19). The van der Waals surface area contributed by atoms with Gasteiger partial charge in [0.1, 0.15) is 0 Å². The molecule has 0 bridgehead atoms. The number of carbonyl (C=O) groups excluding carboxylic acids is 1. The summed E-state index contributed by atoms with van der Waals surface area (Å²) in [4.78, 5) is 12.5. The molecule has 2 rings (SSSR count). The summed E-state index contributed by atoms with van der Waals surface area (Å²) in [6.45, 7) is 6.00. The molecule has 0 aromatic heterocycles. The number of amides is 1. The van der Waals surface area contributed by atoms with Crippen molar-refractivity contribution in [3.05, 3.63) is 34.4 Å². The smallest absolute Gasteiger partial charge is 0.252 e. The fourth-order valence-corrected chi connectivity index (χ4v) is 3.22. The van der Waals surface area contributed by atoms with E-state index < -0.39 is 5.54 Å². The van der Waals surface area contributed by atoms with Gasteiger partial charge < -0.3 is 10.4 Å². The molecule has 0 aliphatic heterocycles. The van der Waals surface area contributed by atoms with Crippen molar-refractivity contribution in [1.82, 2.24) is 5.32 Å². The second-order valence-corrected chi connectivity index (χ2v) is 5.87. The molecule has 0 spiro atoms. The molecule has 1 aliphatic carbocycles. The first kappa shape index (κ1) is 14.1. The molecule has 1 saturated carbocycles. The molecule has 0 atom stereocenters. The molecule has 2 N–H and O–H groups in total. The largest absolute Gasteiger partial charge is 0.394 e. The van der Waals surface area contributed by atoms with Crippen LogP contribution in [0.3, 0.4) is 0 Å². The summed E-state index contributed by atoms with van der Waals surface area (Å²) in [5, 5.41) is 12.7. The Kier molecular flexibility index (Phi) is 3.95. The van der Waals surface area contributed by atoms with Gasteiger partial charge in [-0.3, -0.25) is 4.79 Å². The van der Waals surface area contributed by atoms with Crippen molar-refractivity contribution < 1.29 is 9.90 Å². The number of hydrogen-bond acceptors (Lipinski definition) is 2. The van der Waals surface area contributed by atoms with E-state index >= 15 is 0 Å². The summed E-state index contributed by atoms with van der Waals surface area (Å²) in [6.07, 6.45) is 3.90. The lowest BCUT2D eigenvalue weighted by atomic mass is 9.95. The van der Waals surface area contributed by atoms with E-state index in [1.165, 1.54) is 5.56 Å². The predicted molar refractivity (Wildman–Crippen MR) is 76.4 cm³/mol. The topological polar surface area (TPSA) is 49.3 Å². The van der Waals surface area contributed by atoms with E-state index in [9.17, 15) is 9.90 Å². The predicted octanol–water partition coefficient (Wildman–Crippen LogP) is 2.65. The fourth-order valence-electron chi connectivity index (χ4n) is 3.22. The van der Waals surface area contributed by atoms with Crippen LogP contribution in [0.2, 0.25) is 0 Å². The molecule has 1 aliphatic rings. The van der Waals surface area contributed by atoms with Crippen molar-refractivity contribution in [2.24, 2.45) is 0 Å². The molecule has 0 unspecified atom stereocenters. The van der Waals surface area contributed by atoms with Crippen LogP contribution >= 0.6 is 0 Å². The van der Waals surface area contributed by atoms with Gasteiger partial charge in [0.05, 0.1) is 12.1 Å². The van der Waals surface area contributed by atoms with Gasteiger partial charge in [-0.25, -0.2) is 0 Å². The van der Waals surface area contributed by atoms with Gasteiger partial charge in [0.15, 0.2) is 0 Å². The van der Waals surface area contributed by atoms with Gasteiger partial charge >= 0.3 is 0 Å². The molecular weight excluding hydrogens is 238 g/mol. The van der Waals surface area contributed by atoms with E-state index in [0.29, 0.717) is 0 Å². The van der Waals surface area contributed by atoms with Gasteiger partial charge in [-0.1, -0.05) is 30.5 Å². The van der Waals surface area contributed by atoms with Crippen molar-refractivity contribution in [3.63, 3.8) is 0 Å². The minimum atomic E-state index is -0.402. The zero-order valence-electron chi connectivity index (χ0n) is 12.0. The fraction of sp³-hybridized carbons (Fsp3) is 0.562. The summed E-state index contributed by atoms with van der Waals surface area (Å²) < 4.78 is 0. The molecule has 1 aromatic carbocycles. The van der Waals surface area contributed by atoms with E-state index in [1.807, 2.05) is 32.9 Å². The summed E-state index contributed by atoms with van der Waals surface area (Å²) in [5.74, 6) is -0.0500. The lowest BCUT2D eigenvalue weighted by Gasteiger charge is -2.28. The molecular formula is C16H23NO2. The average Bonchev–Trinajstić information content (AvgIpc) is 2.76. The van der Waals surface area contributed by atoms with Crippen molar-refractivity contribution in [3.8, 4) is 0 Å². The zero-order chi connectivity index (χ0) is 14.0. The van der Waals surface area contributed by atoms with Crippen LogP contribution in [0, 0.1) is 20.8 Å². The highest BCUT2D eigenvalue weighted by Gasteiger charge is 2.35. The van der Waals surface area contributed by atoms with E-state index in [0.717, 1.165) is 42.4 Å². The van der Waals surface area contributed by atoms with E-state index in [-0.39, 0.29) is 12.5 Å². The first-order valence-electron chi connectivity index (χ1n) is 6.99. The van der Waals surface area contributed by atoms with E-state index in [1.54, 1.807) is 0 Å². The van der Waals surface area contributed by atoms with Crippen LogP contribution in [-0.4, -0.2) is 23.2 Å². The second kappa shape index (κ2) is 5.33. The molecule has 1 aromatic rings. The summed E-state index contributed by atoms with van der Waals surface area (Å²) in [7, 11) is 0. The van der Waals surface area contributed by atoms with Crippen molar-refractivity contribution in [2.45, 2.75) is 52.0 Å². The maximum atomic E-state index is 12.5. The highest BCUT2D eigenvalue weighted by atomic mass is 16.3. The van der Waals surface area contributed by atoms with Crippen LogP contribution in [0.15, 0.2) is 12.1 Å². The second-order valence-electron chi connectivity index (χ2n) is 5.87. The van der Waals surface area contributed by atoms with Crippen LogP contribution in [0.4, 0.5) is 0 Å². The maximum Gasteiger partial charge on any atom is 0.252 e. The van der Waals surface area contributed by atoms with Crippen LogP contribution in [-0.2, 0) is 0 Å². The highest BCUT2D eigenvalue weighted by Crippen LogP contribution is 2.30. The van der Waals surface area contributed by atoms with Crippen molar-refractivity contribution in [1.29, 1.82) is 0 Å². The van der Waals surface area contributed by atoms with Crippen molar-refractivity contribution >= 4 is 5.91 Å². The van der Waals surface area contributed by atoms with Gasteiger partial charge in [0.25, 0.3) is 5.91 Å². The van der Waals surface area contributed by atoms with E-state index in [2.05, 4.69) is 5.32 Å². The maximum absolute atomic E-state index is 12.5. The number of carbonyl (C=O) groups is 1. The van der Waals surface area contributed by atoms with Gasteiger partial charge in [-0.15, -0.1) is 0 Å². The number of aryl methyl sites for hydroxylation is 3. The molecule has 0 saturated heterocycles. The van der Waals surface area contributed by atoms with E-state index in [4.69, 9.17) is 0 Å². The average molecular weight is 261 g/mol. The number of benzene rings is 1. The summed E-state index contributed by atoms with van der Waals surface area (Å²) in [5.41, 5.74) is 3.53.